The normalized spacial score (nSPS) is 13.6. The van der Waals surface area contributed by atoms with Gasteiger partial charge in [-0.05, 0) is 24.8 Å². The number of aliphatic hydroxyl groups excluding tert-OH is 1. The van der Waals surface area contributed by atoms with Crippen LogP contribution in [0.25, 0.3) is 0 Å². The molecule has 0 heterocycles. The Balaban J connectivity index is 3.61. The number of nitrogens with one attached hydrogen (secondary N) is 1. The van der Waals surface area contributed by atoms with E-state index in [-0.39, 0.29) is 11.8 Å². The highest BCUT2D eigenvalue weighted by Gasteiger charge is 2.18. The van der Waals surface area contributed by atoms with E-state index in [0.29, 0.717) is 19.6 Å². The number of carboxylic acid groups (broad SMARTS) is 1. The first-order valence-electron chi connectivity index (χ1n) is 5.97. The molecule has 0 aliphatic rings. The van der Waals surface area contributed by atoms with Crippen LogP contribution < -0.4 is 5.32 Å². The van der Waals surface area contributed by atoms with Gasteiger partial charge in [-0.1, -0.05) is 13.8 Å². The Morgan fingerprint density at radius 1 is 1.41 bits per heavy atom. The van der Waals surface area contributed by atoms with Gasteiger partial charge in [0.2, 0.25) is 0 Å². The molecule has 0 spiro atoms. The standard InChI is InChI=1S/C12H25NO4/c1-12(2,5-4-11(15)16)6-7-13-8-10(14)9-17-3/h10,13-14H,4-9H2,1-3H3,(H,15,16). The van der Waals surface area contributed by atoms with Crippen LogP contribution in [0.5, 0.6) is 0 Å². The number of aliphatic hydroxyl groups is 1. The fraction of sp³-hybridized carbons (Fsp3) is 0.917. The second-order valence-corrected chi connectivity index (χ2v) is 5.12. The van der Waals surface area contributed by atoms with Gasteiger partial charge in [-0.15, -0.1) is 0 Å². The molecule has 1 unspecified atom stereocenters. The molecule has 1 atom stereocenters. The van der Waals surface area contributed by atoms with Crippen molar-refractivity contribution in [2.45, 2.75) is 39.2 Å². The van der Waals surface area contributed by atoms with Crippen LogP contribution >= 0.6 is 0 Å². The molecule has 0 aliphatic carbocycles. The summed E-state index contributed by atoms with van der Waals surface area (Å²) in [5, 5.41) is 21.1. The first-order chi connectivity index (χ1) is 7.87. The summed E-state index contributed by atoms with van der Waals surface area (Å²) in [6.07, 6.45) is 1.28. The zero-order valence-corrected chi connectivity index (χ0v) is 11.0. The van der Waals surface area contributed by atoms with E-state index in [1.54, 1.807) is 7.11 Å². The van der Waals surface area contributed by atoms with Crippen LogP contribution in [-0.4, -0.2) is 49.1 Å². The number of methoxy groups -OCH3 is 1. The Morgan fingerprint density at radius 2 is 2.06 bits per heavy atom. The molecule has 17 heavy (non-hydrogen) atoms. The highest BCUT2D eigenvalue weighted by atomic mass is 16.5. The number of aliphatic carboxylic acids is 1. The average Bonchev–Trinajstić information content (AvgIpc) is 2.22. The monoisotopic (exact) mass is 247 g/mol. The van der Waals surface area contributed by atoms with E-state index in [4.69, 9.17) is 9.84 Å². The molecule has 5 heteroatoms. The van der Waals surface area contributed by atoms with Crippen LogP contribution in [0.3, 0.4) is 0 Å². The molecule has 0 aromatic rings. The second kappa shape index (κ2) is 8.44. The number of rotatable bonds is 10. The molecule has 0 radical (unpaired) electrons. The maximum Gasteiger partial charge on any atom is 0.303 e. The predicted molar refractivity (Wildman–Crippen MR) is 66.0 cm³/mol. The van der Waals surface area contributed by atoms with Crippen molar-refractivity contribution < 1.29 is 19.7 Å². The van der Waals surface area contributed by atoms with Crippen molar-refractivity contribution in [3.8, 4) is 0 Å². The van der Waals surface area contributed by atoms with Crippen molar-refractivity contribution in [1.82, 2.24) is 5.32 Å². The van der Waals surface area contributed by atoms with Crippen LogP contribution in [0.2, 0.25) is 0 Å². The van der Waals surface area contributed by atoms with Crippen molar-refractivity contribution in [3.05, 3.63) is 0 Å². The summed E-state index contributed by atoms with van der Waals surface area (Å²) < 4.78 is 4.81. The largest absolute Gasteiger partial charge is 0.481 e. The van der Waals surface area contributed by atoms with Crippen LogP contribution in [0.1, 0.15) is 33.1 Å². The van der Waals surface area contributed by atoms with Crippen LogP contribution in [-0.2, 0) is 9.53 Å². The molecule has 0 fully saturated rings. The number of hydrogen-bond acceptors (Lipinski definition) is 4. The molecule has 5 nitrogen and oxygen atoms in total. The lowest BCUT2D eigenvalue weighted by Crippen LogP contribution is -2.32. The number of carboxylic acids is 1. The minimum absolute atomic E-state index is 0.0115. The molecule has 3 N–H and O–H groups in total. The Morgan fingerprint density at radius 3 is 2.59 bits per heavy atom. The predicted octanol–water partition coefficient (Wildman–Crippen LogP) is 0.864. The second-order valence-electron chi connectivity index (χ2n) is 5.12. The topological polar surface area (TPSA) is 78.8 Å². The van der Waals surface area contributed by atoms with Gasteiger partial charge in [-0.25, -0.2) is 0 Å². The summed E-state index contributed by atoms with van der Waals surface area (Å²) in [5.74, 6) is -0.749. The first-order valence-corrected chi connectivity index (χ1v) is 5.97. The molecular formula is C12H25NO4. The Bertz CT molecular complexity index is 219. The van der Waals surface area contributed by atoms with Crippen molar-refractivity contribution in [1.29, 1.82) is 0 Å². The molecule has 0 aromatic heterocycles. The van der Waals surface area contributed by atoms with E-state index in [1.807, 2.05) is 0 Å². The summed E-state index contributed by atoms with van der Waals surface area (Å²) in [6.45, 7) is 5.72. The molecule has 0 aromatic carbocycles. The lowest BCUT2D eigenvalue weighted by molar-refractivity contribution is -0.137. The summed E-state index contributed by atoms with van der Waals surface area (Å²) in [4.78, 5) is 10.5. The minimum atomic E-state index is -0.749. The number of carbonyl (C=O) groups is 1. The van der Waals surface area contributed by atoms with E-state index >= 15 is 0 Å². The van der Waals surface area contributed by atoms with Crippen molar-refractivity contribution in [2.75, 3.05) is 26.8 Å². The van der Waals surface area contributed by atoms with Crippen LogP contribution in [0.4, 0.5) is 0 Å². The molecule has 0 aliphatic heterocycles. The molecule has 0 saturated carbocycles. The summed E-state index contributed by atoms with van der Waals surface area (Å²) in [6, 6.07) is 0. The number of ether oxygens (including phenoxy) is 1. The lowest BCUT2D eigenvalue weighted by Gasteiger charge is -2.24. The highest BCUT2D eigenvalue weighted by Crippen LogP contribution is 2.25. The molecule has 102 valence electrons. The van der Waals surface area contributed by atoms with Crippen molar-refractivity contribution >= 4 is 5.97 Å². The molecule has 0 amide bonds. The minimum Gasteiger partial charge on any atom is -0.481 e. The van der Waals surface area contributed by atoms with Gasteiger partial charge in [0.1, 0.15) is 0 Å². The summed E-state index contributed by atoms with van der Waals surface area (Å²) in [5.41, 5.74) is 0.0115. The number of hydrogen-bond donors (Lipinski definition) is 3. The van der Waals surface area contributed by atoms with Gasteiger partial charge in [-0.3, -0.25) is 4.79 Å². The quantitative estimate of drug-likeness (QED) is 0.499. The van der Waals surface area contributed by atoms with Crippen LogP contribution in [0, 0.1) is 5.41 Å². The molecular weight excluding hydrogens is 222 g/mol. The van der Waals surface area contributed by atoms with E-state index in [2.05, 4.69) is 19.2 Å². The van der Waals surface area contributed by atoms with Crippen LogP contribution in [0.15, 0.2) is 0 Å². The van der Waals surface area contributed by atoms with Gasteiger partial charge in [0.05, 0.1) is 12.7 Å². The first kappa shape index (κ1) is 16.4. The van der Waals surface area contributed by atoms with Gasteiger partial charge in [-0.2, -0.15) is 0 Å². The van der Waals surface area contributed by atoms with Crippen molar-refractivity contribution in [2.24, 2.45) is 5.41 Å². The third-order valence-electron chi connectivity index (χ3n) is 2.73. The lowest BCUT2D eigenvalue weighted by atomic mass is 9.84. The molecule has 0 bridgehead atoms. The summed E-state index contributed by atoms with van der Waals surface area (Å²) >= 11 is 0. The third kappa shape index (κ3) is 10.2. The van der Waals surface area contributed by atoms with Gasteiger partial charge >= 0.3 is 5.97 Å². The fourth-order valence-electron chi connectivity index (χ4n) is 1.52. The third-order valence-corrected chi connectivity index (χ3v) is 2.73. The highest BCUT2D eigenvalue weighted by molar-refractivity contribution is 5.66. The van der Waals surface area contributed by atoms with E-state index < -0.39 is 12.1 Å². The Kier molecular flexibility index (Phi) is 8.12. The zero-order chi connectivity index (χ0) is 13.3. The van der Waals surface area contributed by atoms with E-state index in [0.717, 1.165) is 13.0 Å². The van der Waals surface area contributed by atoms with Gasteiger partial charge in [0.15, 0.2) is 0 Å². The SMILES string of the molecule is COCC(O)CNCCC(C)(C)CCC(=O)O. The zero-order valence-electron chi connectivity index (χ0n) is 11.0. The average molecular weight is 247 g/mol. The van der Waals surface area contributed by atoms with Gasteiger partial charge in [0.25, 0.3) is 0 Å². The maximum atomic E-state index is 10.5. The van der Waals surface area contributed by atoms with Gasteiger partial charge < -0.3 is 20.3 Å². The van der Waals surface area contributed by atoms with Gasteiger partial charge in [0, 0.05) is 20.1 Å². The van der Waals surface area contributed by atoms with E-state index in [1.165, 1.54) is 0 Å². The summed E-state index contributed by atoms with van der Waals surface area (Å²) in [7, 11) is 1.55. The molecule has 0 saturated heterocycles. The molecule has 0 rings (SSSR count). The Labute approximate surface area is 103 Å². The smallest absolute Gasteiger partial charge is 0.303 e. The maximum absolute atomic E-state index is 10.5. The van der Waals surface area contributed by atoms with E-state index in [9.17, 15) is 9.90 Å². The fourth-order valence-corrected chi connectivity index (χ4v) is 1.52. The Hall–Kier alpha value is -0.650. The van der Waals surface area contributed by atoms with Crippen molar-refractivity contribution in [3.63, 3.8) is 0 Å².